The molecule has 3 N–H and O–H groups in total. The van der Waals surface area contributed by atoms with Gasteiger partial charge in [-0.3, -0.25) is 4.68 Å². The highest BCUT2D eigenvalue weighted by Gasteiger charge is 2.30. The summed E-state index contributed by atoms with van der Waals surface area (Å²) >= 11 is 0. The van der Waals surface area contributed by atoms with Gasteiger partial charge in [-0.05, 0) is 45.7 Å². The number of anilines is 2. The first-order valence-corrected chi connectivity index (χ1v) is 11.3. The second-order valence-corrected chi connectivity index (χ2v) is 9.32. The predicted octanol–water partition coefficient (Wildman–Crippen LogP) is 2.56. The smallest absolute Gasteiger partial charge is 0.223 e. The van der Waals surface area contributed by atoms with E-state index in [1.165, 1.54) is 0 Å². The van der Waals surface area contributed by atoms with E-state index in [0.717, 1.165) is 54.1 Å². The van der Waals surface area contributed by atoms with Crippen molar-refractivity contribution in [2.75, 3.05) is 30.8 Å². The minimum atomic E-state index is -0.518. The molecule has 33 heavy (non-hydrogen) atoms. The van der Waals surface area contributed by atoms with Crippen LogP contribution in [0, 0.1) is 0 Å². The minimum Gasteiger partial charge on any atom is -0.497 e. The summed E-state index contributed by atoms with van der Waals surface area (Å²) in [6, 6.07) is 5.69. The van der Waals surface area contributed by atoms with Gasteiger partial charge < -0.3 is 20.5 Å². The highest BCUT2D eigenvalue weighted by molar-refractivity contribution is 5.93. The van der Waals surface area contributed by atoms with Crippen molar-refractivity contribution in [1.29, 1.82) is 0 Å². The van der Waals surface area contributed by atoms with Gasteiger partial charge in [0.25, 0.3) is 0 Å². The van der Waals surface area contributed by atoms with Crippen LogP contribution in [-0.2, 0) is 5.54 Å². The van der Waals surface area contributed by atoms with Crippen LogP contribution < -0.4 is 15.4 Å². The van der Waals surface area contributed by atoms with Gasteiger partial charge in [0.05, 0.1) is 36.2 Å². The Balaban J connectivity index is 1.45. The standard InChI is InChI=1S/C23H30N8O2/c1-14(32)23(2,3)30-13-16(11-25-30)29-9-5-6-15(12-29)20-27-21-18-8-7-17(33-4)10-19(18)26-22(24)31(21)28-20/h7-8,10-11,13-15,32H,5-6,9,12H2,1-4H3,(H2,24,26)/t14-,15-/m1/s1. The lowest BCUT2D eigenvalue weighted by molar-refractivity contribution is 0.0647. The Labute approximate surface area is 192 Å². The number of aliphatic hydroxyl groups is 1. The Morgan fingerprint density at radius 3 is 2.85 bits per heavy atom. The van der Waals surface area contributed by atoms with E-state index in [1.54, 1.807) is 18.5 Å². The Morgan fingerprint density at radius 1 is 1.27 bits per heavy atom. The summed E-state index contributed by atoms with van der Waals surface area (Å²) in [6.45, 7) is 7.47. The molecule has 1 aliphatic rings. The van der Waals surface area contributed by atoms with Crippen molar-refractivity contribution in [3.63, 3.8) is 0 Å². The Kier molecular flexibility index (Phi) is 5.12. The van der Waals surface area contributed by atoms with Gasteiger partial charge in [-0.1, -0.05) is 0 Å². The monoisotopic (exact) mass is 450 g/mol. The summed E-state index contributed by atoms with van der Waals surface area (Å²) in [5, 5.41) is 20.3. The first-order valence-electron chi connectivity index (χ1n) is 11.3. The van der Waals surface area contributed by atoms with E-state index in [4.69, 9.17) is 20.6 Å². The SMILES string of the molecule is COc1ccc2c(c1)nc(N)n1nc([C@@H]3CCCN(c4cnn(C(C)(C)[C@@H](C)O)c4)C3)nc21. The molecule has 4 heterocycles. The molecule has 2 atom stereocenters. The van der Waals surface area contributed by atoms with Crippen molar-refractivity contribution < 1.29 is 9.84 Å². The quantitative estimate of drug-likeness (QED) is 0.476. The maximum atomic E-state index is 10.1. The third-order valence-electron chi connectivity index (χ3n) is 6.85. The number of aromatic nitrogens is 6. The predicted molar refractivity (Wildman–Crippen MR) is 127 cm³/mol. The average Bonchev–Trinajstić information content (AvgIpc) is 3.47. The molecule has 4 aromatic rings. The summed E-state index contributed by atoms with van der Waals surface area (Å²) in [5.74, 6) is 1.97. The largest absolute Gasteiger partial charge is 0.497 e. The number of hydrogen-bond acceptors (Lipinski definition) is 8. The minimum absolute atomic E-state index is 0.166. The maximum absolute atomic E-state index is 10.1. The molecule has 3 aromatic heterocycles. The molecule has 1 aromatic carbocycles. The number of fused-ring (bicyclic) bond motifs is 3. The summed E-state index contributed by atoms with van der Waals surface area (Å²) in [6.07, 6.45) is 5.38. The van der Waals surface area contributed by atoms with Crippen LogP contribution in [-0.4, -0.2) is 60.8 Å². The molecule has 0 saturated carbocycles. The average molecular weight is 451 g/mol. The summed E-state index contributed by atoms with van der Waals surface area (Å²) < 4.78 is 8.79. The first kappa shape index (κ1) is 21.4. The van der Waals surface area contributed by atoms with Crippen LogP contribution >= 0.6 is 0 Å². The zero-order chi connectivity index (χ0) is 23.3. The second kappa shape index (κ2) is 7.87. The van der Waals surface area contributed by atoms with Crippen molar-refractivity contribution >= 4 is 28.2 Å². The Morgan fingerprint density at radius 2 is 2.09 bits per heavy atom. The van der Waals surface area contributed by atoms with E-state index in [-0.39, 0.29) is 5.92 Å². The number of aliphatic hydroxyl groups excluding tert-OH is 1. The molecule has 1 aliphatic heterocycles. The van der Waals surface area contributed by atoms with Gasteiger partial charge >= 0.3 is 0 Å². The third-order valence-corrected chi connectivity index (χ3v) is 6.85. The molecule has 10 nitrogen and oxygen atoms in total. The van der Waals surface area contributed by atoms with Crippen molar-refractivity contribution in [1.82, 2.24) is 29.4 Å². The molecule has 10 heteroatoms. The number of rotatable bonds is 5. The van der Waals surface area contributed by atoms with Gasteiger partial charge in [0.15, 0.2) is 11.5 Å². The van der Waals surface area contributed by atoms with Gasteiger partial charge in [0, 0.05) is 36.7 Å². The maximum Gasteiger partial charge on any atom is 0.223 e. The molecule has 1 fully saturated rings. The molecule has 174 valence electrons. The Bertz CT molecular complexity index is 1310. The van der Waals surface area contributed by atoms with E-state index >= 15 is 0 Å². The number of nitrogens with zero attached hydrogens (tertiary/aromatic N) is 7. The number of nitrogen functional groups attached to an aromatic ring is 1. The summed E-state index contributed by atoms with van der Waals surface area (Å²) in [4.78, 5) is 11.7. The highest BCUT2D eigenvalue weighted by Crippen LogP contribution is 2.31. The zero-order valence-corrected chi connectivity index (χ0v) is 19.4. The molecule has 0 bridgehead atoms. The number of piperidine rings is 1. The van der Waals surface area contributed by atoms with Crippen LogP contribution in [0.25, 0.3) is 16.6 Å². The van der Waals surface area contributed by atoms with E-state index in [2.05, 4.69) is 15.0 Å². The molecule has 0 radical (unpaired) electrons. The van der Waals surface area contributed by atoms with Crippen molar-refractivity contribution in [3.8, 4) is 5.75 Å². The Hall–Kier alpha value is -3.40. The molecule has 0 amide bonds. The second-order valence-electron chi connectivity index (χ2n) is 9.32. The zero-order valence-electron chi connectivity index (χ0n) is 19.4. The molecular weight excluding hydrogens is 420 g/mol. The fourth-order valence-corrected chi connectivity index (χ4v) is 4.33. The van der Waals surface area contributed by atoms with Crippen molar-refractivity contribution in [3.05, 3.63) is 36.4 Å². The summed E-state index contributed by atoms with van der Waals surface area (Å²) in [5.41, 5.74) is 8.21. The number of methoxy groups -OCH3 is 1. The van der Waals surface area contributed by atoms with E-state index < -0.39 is 11.6 Å². The number of nitrogens with two attached hydrogens (primary N) is 1. The van der Waals surface area contributed by atoms with Crippen LogP contribution in [0.4, 0.5) is 11.6 Å². The van der Waals surface area contributed by atoms with Crippen LogP contribution in [0.3, 0.4) is 0 Å². The van der Waals surface area contributed by atoms with Crippen LogP contribution in [0.5, 0.6) is 5.75 Å². The summed E-state index contributed by atoms with van der Waals surface area (Å²) in [7, 11) is 1.63. The lowest BCUT2D eigenvalue weighted by atomic mass is 9.97. The normalized spacial score (nSPS) is 18.2. The van der Waals surface area contributed by atoms with Crippen LogP contribution in [0.2, 0.25) is 0 Å². The lowest BCUT2D eigenvalue weighted by Crippen LogP contribution is -2.38. The van der Waals surface area contributed by atoms with Gasteiger partial charge in [0.2, 0.25) is 5.95 Å². The van der Waals surface area contributed by atoms with E-state index in [0.29, 0.717) is 11.6 Å². The molecule has 0 spiro atoms. The van der Waals surface area contributed by atoms with Crippen LogP contribution in [0.1, 0.15) is 45.4 Å². The molecule has 1 saturated heterocycles. The molecule has 0 aliphatic carbocycles. The van der Waals surface area contributed by atoms with Gasteiger partial charge in [0.1, 0.15) is 5.75 Å². The first-order chi connectivity index (χ1) is 15.8. The van der Waals surface area contributed by atoms with Gasteiger partial charge in [-0.25, -0.2) is 9.97 Å². The topological polar surface area (TPSA) is 120 Å². The fraction of sp³-hybridized carbons (Fsp3) is 0.478. The number of ether oxygens (including phenoxy) is 1. The van der Waals surface area contributed by atoms with E-state index in [1.807, 2.05) is 49.1 Å². The molecular formula is C23H30N8O2. The van der Waals surface area contributed by atoms with Crippen LogP contribution in [0.15, 0.2) is 30.6 Å². The third kappa shape index (κ3) is 3.64. The highest BCUT2D eigenvalue weighted by atomic mass is 16.5. The molecule has 5 rings (SSSR count). The number of hydrogen-bond donors (Lipinski definition) is 2. The van der Waals surface area contributed by atoms with Crippen molar-refractivity contribution in [2.24, 2.45) is 0 Å². The lowest BCUT2D eigenvalue weighted by Gasteiger charge is -2.32. The fourth-order valence-electron chi connectivity index (χ4n) is 4.33. The van der Waals surface area contributed by atoms with E-state index in [9.17, 15) is 5.11 Å². The van der Waals surface area contributed by atoms with Gasteiger partial charge in [-0.2, -0.15) is 9.61 Å². The number of benzene rings is 1. The molecule has 0 unspecified atom stereocenters. The van der Waals surface area contributed by atoms with Crippen molar-refractivity contribution in [2.45, 2.75) is 51.2 Å². The van der Waals surface area contributed by atoms with Gasteiger partial charge in [-0.15, -0.1) is 5.10 Å².